The number of ether oxygens (including phenoxy) is 2. The molecule has 2 aliphatic heterocycles. The van der Waals surface area contributed by atoms with E-state index in [1.807, 2.05) is 17.0 Å². The SMILES string of the molecule is Cc1ccc(C2CCCN2C(=O)Cc2cc3c(cc2Br)OCCO3)s1. The number of likely N-dealkylation sites (tertiary alicyclic amines) is 1. The number of aryl methyl sites for hydroxylation is 1. The summed E-state index contributed by atoms with van der Waals surface area (Å²) in [5.74, 6) is 1.64. The van der Waals surface area contributed by atoms with Crippen LogP contribution in [0.4, 0.5) is 0 Å². The Morgan fingerprint density at radius 2 is 2.04 bits per heavy atom. The lowest BCUT2D eigenvalue weighted by Gasteiger charge is -2.25. The summed E-state index contributed by atoms with van der Waals surface area (Å²) in [4.78, 5) is 17.6. The van der Waals surface area contributed by atoms with E-state index in [2.05, 4.69) is 35.0 Å². The Kier molecular flexibility index (Phi) is 4.73. The number of benzene rings is 1. The molecule has 0 N–H and O–H groups in total. The van der Waals surface area contributed by atoms with Crippen molar-refractivity contribution in [1.82, 2.24) is 4.90 Å². The van der Waals surface area contributed by atoms with Crippen LogP contribution in [0.5, 0.6) is 11.5 Å². The van der Waals surface area contributed by atoms with Crippen molar-refractivity contribution in [2.75, 3.05) is 19.8 Å². The number of rotatable bonds is 3. The summed E-state index contributed by atoms with van der Waals surface area (Å²) in [7, 11) is 0. The fourth-order valence-corrected chi connectivity index (χ4v) is 4.99. The molecule has 25 heavy (non-hydrogen) atoms. The van der Waals surface area contributed by atoms with E-state index < -0.39 is 0 Å². The van der Waals surface area contributed by atoms with Gasteiger partial charge in [-0.3, -0.25) is 4.79 Å². The van der Waals surface area contributed by atoms with Gasteiger partial charge in [-0.1, -0.05) is 15.9 Å². The number of carbonyl (C=O) groups is 1. The normalized spacial score (nSPS) is 19.3. The molecular weight excluding hydrogens is 402 g/mol. The Labute approximate surface area is 159 Å². The molecule has 2 aromatic rings. The quantitative estimate of drug-likeness (QED) is 0.732. The standard InChI is InChI=1S/C19H20BrNO3S/c1-12-4-5-18(25-12)15-3-2-6-21(15)19(22)10-13-9-16-17(11-14(13)20)24-8-7-23-16/h4-5,9,11,15H,2-3,6-8,10H2,1H3. The van der Waals surface area contributed by atoms with Gasteiger partial charge in [0, 0.05) is 20.8 Å². The Balaban J connectivity index is 1.53. The second-order valence-electron chi connectivity index (χ2n) is 6.46. The van der Waals surface area contributed by atoms with Crippen LogP contribution < -0.4 is 9.47 Å². The van der Waals surface area contributed by atoms with Crippen molar-refractivity contribution in [1.29, 1.82) is 0 Å². The Morgan fingerprint density at radius 3 is 2.76 bits per heavy atom. The van der Waals surface area contributed by atoms with Crippen molar-refractivity contribution in [2.45, 2.75) is 32.2 Å². The fraction of sp³-hybridized carbons (Fsp3) is 0.421. The fourth-order valence-electron chi connectivity index (χ4n) is 3.50. The number of fused-ring (bicyclic) bond motifs is 1. The molecule has 1 aromatic heterocycles. The van der Waals surface area contributed by atoms with Crippen molar-refractivity contribution in [3.63, 3.8) is 0 Å². The van der Waals surface area contributed by atoms with Gasteiger partial charge < -0.3 is 14.4 Å². The van der Waals surface area contributed by atoms with Crippen molar-refractivity contribution in [2.24, 2.45) is 0 Å². The maximum absolute atomic E-state index is 13.0. The van der Waals surface area contributed by atoms with Gasteiger partial charge in [0.05, 0.1) is 12.5 Å². The van der Waals surface area contributed by atoms with E-state index in [0.717, 1.165) is 40.9 Å². The van der Waals surface area contributed by atoms with Crippen LogP contribution in [0.15, 0.2) is 28.7 Å². The van der Waals surface area contributed by atoms with Gasteiger partial charge in [0.2, 0.25) is 5.91 Å². The van der Waals surface area contributed by atoms with Crippen molar-refractivity contribution >= 4 is 33.2 Å². The van der Waals surface area contributed by atoms with Crippen LogP contribution in [-0.2, 0) is 11.2 Å². The molecule has 3 heterocycles. The first-order chi connectivity index (χ1) is 12.1. The lowest BCUT2D eigenvalue weighted by atomic mass is 10.1. The van der Waals surface area contributed by atoms with Gasteiger partial charge in [-0.2, -0.15) is 0 Å². The zero-order valence-corrected chi connectivity index (χ0v) is 16.5. The molecule has 0 spiro atoms. The Hall–Kier alpha value is -1.53. The molecule has 1 unspecified atom stereocenters. The number of thiophene rings is 1. The van der Waals surface area contributed by atoms with Crippen molar-refractivity contribution in [3.8, 4) is 11.5 Å². The van der Waals surface area contributed by atoms with Gasteiger partial charge in [-0.05, 0) is 49.6 Å². The molecule has 132 valence electrons. The number of hydrogen-bond donors (Lipinski definition) is 0. The number of nitrogens with zero attached hydrogens (tertiary/aromatic N) is 1. The summed E-state index contributed by atoms with van der Waals surface area (Å²) < 4.78 is 12.1. The van der Waals surface area contributed by atoms with Crippen molar-refractivity contribution < 1.29 is 14.3 Å². The van der Waals surface area contributed by atoms with Gasteiger partial charge in [-0.25, -0.2) is 0 Å². The third kappa shape index (κ3) is 3.42. The van der Waals surface area contributed by atoms with Crippen LogP contribution in [0, 0.1) is 6.92 Å². The van der Waals surface area contributed by atoms with Crippen LogP contribution in [0.25, 0.3) is 0 Å². The molecule has 0 bridgehead atoms. The van der Waals surface area contributed by atoms with Crippen LogP contribution in [0.3, 0.4) is 0 Å². The molecule has 2 aliphatic rings. The highest BCUT2D eigenvalue weighted by atomic mass is 79.9. The van der Waals surface area contributed by atoms with E-state index in [1.54, 1.807) is 11.3 Å². The minimum absolute atomic E-state index is 0.172. The van der Waals surface area contributed by atoms with Crippen molar-refractivity contribution in [3.05, 3.63) is 44.1 Å². The zero-order valence-electron chi connectivity index (χ0n) is 14.1. The molecule has 0 saturated carbocycles. The first-order valence-corrected chi connectivity index (χ1v) is 10.2. The predicted octanol–water partition coefficient (Wildman–Crippen LogP) is 4.50. The summed E-state index contributed by atoms with van der Waals surface area (Å²) in [6.07, 6.45) is 2.49. The largest absolute Gasteiger partial charge is 0.486 e. The van der Waals surface area contributed by atoms with E-state index in [0.29, 0.717) is 19.6 Å². The molecule has 4 nitrogen and oxygen atoms in total. The van der Waals surface area contributed by atoms with E-state index >= 15 is 0 Å². The molecule has 1 fully saturated rings. The highest BCUT2D eigenvalue weighted by Gasteiger charge is 2.31. The third-order valence-electron chi connectivity index (χ3n) is 4.72. The lowest BCUT2D eigenvalue weighted by Crippen LogP contribution is -2.31. The van der Waals surface area contributed by atoms with Gasteiger partial charge in [0.1, 0.15) is 13.2 Å². The minimum Gasteiger partial charge on any atom is -0.486 e. The molecule has 0 aliphatic carbocycles. The lowest BCUT2D eigenvalue weighted by molar-refractivity contribution is -0.131. The molecule has 1 aromatic carbocycles. The number of halogens is 1. The van der Waals surface area contributed by atoms with E-state index in [-0.39, 0.29) is 11.9 Å². The number of hydrogen-bond acceptors (Lipinski definition) is 4. The van der Waals surface area contributed by atoms with Gasteiger partial charge in [-0.15, -0.1) is 11.3 Å². The molecule has 4 rings (SSSR count). The topological polar surface area (TPSA) is 38.8 Å². The summed E-state index contributed by atoms with van der Waals surface area (Å²) >= 11 is 5.37. The maximum Gasteiger partial charge on any atom is 0.227 e. The first kappa shape index (κ1) is 16.9. The predicted molar refractivity (Wildman–Crippen MR) is 102 cm³/mol. The third-order valence-corrected chi connectivity index (χ3v) is 6.56. The summed E-state index contributed by atoms with van der Waals surface area (Å²) in [6.45, 7) is 4.06. The highest BCUT2D eigenvalue weighted by molar-refractivity contribution is 9.10. The van der Waals surface area contributed by atoms with E-state index in [4.69, 9.17) is 9.47 Å². The van der Waals surface area contributed by atoms with Gasteiger partial charge in [0.15, 0.2) is 11.5 Å². The Morgan fingerprint density at radius 1 is 1.28 bits per heavy atom. The first-order valence-electron chi connectivity index (χ1n) is 8.55. The summed E-state index contributed by atoms with van der Waals surface area (Å²) in [5, 5.41) is 0. The number of amides is 1. The summed E-state index contributed by atoms with van der Waals surface area (Å²) in [5.41, 5.74) is 0.947. The van der Waals surface area contributed by atoms with Gasteiger partial charge in [0.25, 0.3) is 0 Å². The van der Waals surface area contributed by atoms with Crippen LogP contribution >= 0.6 is 27.3 Å². The number of carbonyl (C=O) groups excluding carboxylic acids is 1. The average molecular weight is 422 g/mol. The zero-order chi connectivity index (χ0) is 17.4. The summed E-state index contributed by atoms with van der Waals surface area (Å²) in [6, 6.07) is 8.36. The smallest absolute Gasteiger partial charge is 0.227 e. The van der Waals surface area contributed by atoms with Crippen LogP contribution in [0.2, 0.25) is 0 Å². The molecular formula is C19H20BrNO3S. The monoisotopic (exact) mass is 421 g/mol. The molecule has 0 radical (unpaired) electrons. The van der Waals surface area contributed by atoms with E-state index in [1.165, 1.54) is 9.75 Å². The maximum atomic E-state index is 13.0. The molecule has 6 heteroatoms. The molecule has 1 saturated heterocycles. The molecule has 1 atom stereocenters. The minimum atomic E-state index is 0.172. The second-order valence-corrected chi connectivity index (χ2v) is 8.63. The Bertz CT molecular complexity index is 804. The van der Waals surface area contributed by atoms with Crippen LogP contribution in [0.1, 0.15) is 34.2 Å². The van der Waals surface area contributed by atoms with Crippen LogP contribution in [-0.4, -0.2) is 30.6 Å². The van der Waals surface area contributed by atoms with Gasteiger partial charge >= 0.3 is 0 Å². The van der Waals surface area contributed by atoms with E-state index in [9.17, 15) is 4.79 Å². The highest BCUT2D eigenvalue weighted by Crippen LogP contribution is 2.38. The molecule has 1 amide bonds. The second kappa shape index (κ2) is 7.00. The average Bonchev–Trinajstić information content (AvgIpc) is 3.24.